The maximum absolute atomic E-state index is 12.7. The van der Waals surface area contributed by atoms with Crippen molar-refractivity contribution in [3.05, 3.63) is 24.3 Å². The van der Waals surface area contributed by atoms with Crippen LogP contribution in [0.25, 0.3) is 0 Å². The molecule has 5 heteroatoms. The second-order valence-corrected chi connectivity index (χ2v) is 6.90. The van der Waals surface area contributed by atoms with E-state index in [4.69, 9.17) is 9.47 Å². The first-order valence-corrected chi connectivity index (χ1v) is 8.61. The average Bonchev–Trinajstić information content (AvgIpc) is 2.59. The van der Waals surface area contributed by atoms with Crippen LogP contribution in [0.2, 0.25) is 0 Å². The second kappa shape index (κ2) is 6.46. The van der Waals surface area contributed by atoms with E-state index in [2.05, 4.69) is 5.32 Å². The fourth-order valence-corrected chi connectivity index (χ4v) is 4.27. The molecular formula is C19H25NO4. The van der Waals surface area contributed by atoms with E-state index in [9.17, 15) is 9.59 Å². The zero-order valence-corrected chi connectivity index (χ0v) is 14.5. The highest BCUT2D eigenvalue weighted by Gasteiger charge is 2.60. The molecule has 1 N–H and O–H groups in total. The lowest BCUT2D eigenvalue weighted by Crippen LogP contribution is -2.62. The topological polar surface area (TPSA) is 64.6 Å². The van der Waals surface area contributed by atoms with E-state index in [1.54, 1.807) is 7.11 Å². The Labute approximate surface area is 142 Å². The highest BCUT2D eigenvalue weighted by atomic mass is 16.5. The van der Waals surface area contributed by atoms with Gasteiger partial charge in [-0.05, 0) is 56.9 Å². The van der Waals surface area contributed by atoms with Crippen molar-refractivity contribution in [3.63, 3.8) is 0 Å². The number of nitrogens with one attached hydrogen (secondary N) is 1. The molecule has 1 aromatic carbocycles. The number of carbonyl (C=O) groups is 2. The number of esters is 1. The SMILES string of the molecule is CCOC(=O)[C@@]1(C)[C@H]2CC[C@H](C(=O)C2)[C@@H]1Nc1ccc(OC)cc1. The van der Waals surface area contributed by atoms with Gasteiger partial charge in [0.2, 0.25) is 0 Å². The minimum atomic E-state index is -0.674. The van der Waals surface area contributed by atoms with Gasteiger partial charge in [0.15, 0.2) is 0 Å². The number of ketones is 1. The molecule has 3 aliphatic rings. The van der Waals surface area contributed by atoms with Gasteiger partial charge in [-0.2, -0.15) is 0 Å². The standard InChI is InChI=1S/C19H25NO4/c1-4-24-18(22)19(2)12-5-10-15(16(21)11-12)17(19)20-13-6-8-14(23-3)9-7-13/h6-9,12,15,17,20H,4-5,10-11H2,1-3H3/t12-,15+,17-,19-/m0/s1. The number of ether oxygens (including phenoxy) is 2. The summed E-state index contributed by atoms with van der Waals surface area (Å²) >= 11 is 0. The summed E-state index contributed by atoms with van der Waals surface area (Å²) in [7, 11) is 1.62. The van der Waals surface area contributed by atoms with Gasteiger partial charge in [0.05, 0.1) is 25.2 Å². The molecule has 24 heavy (non-hydrogen) atoms. The number of hydrogen-bond donors (Lipinski definition) is 1. The van der Waals surface area contributed by atoms with E-state index in [1.165, 1.54) is 0 Å². The molecule has 5 nitrogen and oxygen atoms in total. The second-order valence-electron chi connectivity index (χ2n) is 6.90. The van der Waals surface area contributed by atoms with Crippen molar-refractivity contribution in [2.45, 2.75) is 39.2 Å². The molecule has 3 aliphatic carbocycles. The Kier molecular flexibility index (Phi) is 4.52. The van der Waals surface area contributed by atoms with E-state index in [1.807, 2.05) is 38.1 Å². The Balaban J connectivity index is 1.91. The number of Topliss-reactive ketones (excluding diaryl/α,β-unsaturated/α-hetero) is 1. The van der Waals surface area contributed by atoms with Crippen LogP contribution >= 0.6 is 0 Å². The predicted octanol–water partition coefficient (Wildman–Crippen LogP) is 3.04. The Bertz CT molecular complexity index is 627. The third-order valence-corrected chi connectivity index (χ3v) is 5.71. The van der Waals surface area contributed by atoms with E-state index >= 15 is 0 Å². The number of methoxy groups -OCH3 is 1. The first kappa shape index (κ1) is 16.8. The number of anilines is 1. The summed E-state index contributed by atoms with van der Waals surface area (Å²) in [6.45, 7) is 4.13. The minimum absolute atomic E-state index is 0.0461. The summed E-state index contributed by atoms with van der Waals surface area (Å²) in [5.74, 6) is 0.753. The number of fused-ring (bicyclic) bond motifs is 3. The van der Waals surface area contributed by atoms with Gasteiger partial charge < -0.3 is 14.8 Å². The Morgan fingerprint density at radius 3 is 2.58 bits per heavy atom. The van der Waals surface area contributed by atoms with Gasteiger partial charge in [-0.15, -0.1) is 0 Å². The fraction of sp³-hybridized carbons (Fsp3) is 0.579. The summed E-state index contributed by atoms with van der Waals surface area (Å²) in [6, 6.07) is 7.33. The maximum Gasteiger partial charge on any atom is 0.314 e. The van der Waals surface area contributed by atoms with Gasteiger partial charge in [0, 0.05) is 18.0 Å². The third kappa shape index (κ3) is 2.66. The van der Waals surface area contributed by atoms with Crippen LogP contribution in [0.4, 0.5) is 5.69 Å². The van der Waals surface area contributed by atoms with Crippen LogP contribution in [0.5, 0.6) is 5.75 Å². The lowest BCUT2D eigenvalue weighted by molar-refractivity contribution is -0.168. The summed E-state index contributed by atoms with van der Waals surface area (Å²) in [4.78, 5) is 25.1. The van der Waals surface area contributed by atoms with Gasteiger partial charge in [-0.25, -0.2) is 0 Å². The molecule has 0 aromatic heterocycles. The van der Waals surface area contributed by atoms with Crippen molar-refractivity contribution < 1.29 is 19.1 Å². The van der Waals surface area contributed by atoms with Crippen molar-refractivity contribution in [3.8, 4) is 5.75 Å². The van der Waals surface area contributed by atoms with Gasteiger partial charge in [-0.1, -0.05) is 0 Å². The molecule has 0 radical (unpaired) electrons. The number of carbonyl (C=O) groups excluding carboxylic acids is 2. The van der Waals surface area contributed by atoms with Crippen LogP contribution in [0, 0.1) is 17.3 Å². The van der Waals surface area contributed by atoms with Crippen molar-refractivity contribution >= 4 is 17.4 Å². The molecule has 4 rings (SSSR count). The van der Waals surface area contributed by atoms with Crippen LogP contribution in [0.1, 0.15) is 33.1 Å². The van der Waals surface area contributed by atoms with Crippen LogP contribution < -0.4 is 10.1 Å². The van der Waals surface area contributed by atoms with Gasteiger partial charge in [0.25, 0.3) is 0 Å². The lowest BCUT2D eigenvalue weighted by Gasteiger charge is -2.53. The molecule has 0 amide bonds. The summed E-state index contributed by atoms with van der Waals surface area (Å²) in [5, 5.41) is 3.45. The lowest BCUT2D eigenvalue weighted by atomic mass is 9.53. The molecule has 0 spiro atoms. The van der Waals surface area contributed by atoms with E-state index in [0.29, 0.717) is 13.0 Å². The van der Waals surface area contributed by atoms with E-state index in [0.717, 1.165) is 24.3 Å². The van der Waals surface area contributed by atoms with Crippen molar-refractivity contribution in [1.29, 1.82) is 0 Å². The van der Waals surface area contributed by atoms with Crippen LogP contribution in [-0.4, -0.2) is 31.5 Å². The third-order valence-electron chi connectivity index (χ3n) is 5.71. The van der Waals surface area contributed by atoms with E-state index < -0.39 is 5.41 Å². The summed E-state index contributed by atoms with van der Waals surface area (Å²) in [6.07, 6.45) is 2.24. The number of hydrogen-bond acceptors (Lipinski definition) is 5. The molecular weight excluding hydrogens is 306 g/mol. The normalized spacial score (nSPS) is 31.6. The minimum Gasteiger partial charge on any atom is -0.497 e. The van der Waals surface area contributed by atoms with Crippen molar-refractivity contribution in [1.82, 2.24) is 0 Å². The quantitative estimate of drug-likeness (QED) is 0.840. The molecule has 2 bridgehead atoms. The molecule has 3 fully saturated rings. The van der Waals surface area contributed by atoms with E-state index in [-0.39, 0.29) is 29.6 Å². The number of benzene rings is 1. The van der Waals surface area contributed by atoms with Gasteiger partial charge in [0.1, 0.15) is 11.5 Å². The van der Waals surface area contributed by atoms with Crippen molar-refractivity contribution in [2.75, 3.05) is 19.0 Å². The molecule has 0 saturated heterocycles. The molecule has 0 heterocycles. The zero-order valence-electron chi connectivity index (χ0n) is 14.5. The maximum atomic E-state index is 12.7. The average molecular weight is 331 g/mol. The van der Waals surface area contributed by atoms with Crippen LogP contribution in [0.3, 0.4) is 0 Å². The molecule has 130 valence electrons. The van der Waals surface area contributed by atoms with Crippen LogP contribution in [-0.2, 0) is 14.3 Å². The molecule has 1 aromatic rings. The Morgan fingerprint density at radius 2 is 2.00 bits per heavy atom. The predicted molar refractivity (Wildman–Crippen MR) is 91.0 cm³/mol. The Hall–Kier alpha value is -2.04. The van der Waals surface area contributed by atoms with Gasteiger partial charge in [-0.3, -0.25) is 9.59 Å². The smallest absolute Gasteiger partial charge is 0.314 e. The van der Waals surface area contributed by atoms with Crippen LogP contribution in [0.15, 0.2) is 24.3 Å². The zero-order chi connectivity index (χ0) is 17.3. The van der Waals surface area contributed by atoms with Crippen molar-refractivity contribution in [2.24, 2.45) is 17.3 Å². The number of rotatable bonds is 5. The summed E-state index contributed by atoms with van der Waals surface area (Å²) in [5.41, 5.74) is 0.212. The largest absolute Gasteiger partial charge is 0.497 e. The highest BCUT2D eigenvalue weighted by Crippen LogP contribution is 2.52. The summed E-state index contributed by atoms with van der Waals surface area (Å²) < 4.78 is 10.5. The molecule has 4 atom stereocenters. The fourth-order valence-electron chi connectivity index (χ4n) is 4.27. The first-order valence-electron chi connectivity index (χ1n) is 8.61. The molecule has 0 unspecified atom stereocenters. The molecule has 0 aliphatic heterocycles. The molecule has 3 saturated carbocycles. The highest BCUT2D eigenvalue weighted by molar-refractivity contribution is 5.90. The van der Waals surface area contributed by atoms with Gasteiger partial charge >= 0.3 is 5.97 Å². The Morgan fingerprint density at radius 1 is 1.29 bits per heavy atom. The monoisotopic (exact) mass is 331 g/mol. The first-order chi connectivity index (χ1) is 11.5.